The van der Waals surface area contributed by atoms with Crippen LogP contribution in [-0.2, 0) is 21.2 Å². The van der Waals surface area contributed by atoms with Crippen molar-refractivity contribution in [2.45, 2.75) is 50.5 Å². The van der Waals surface area contributed by atoms with Crippen LogP contribution in [-0.4, -0.2) is 51.5 Å². The topological polar surface area (TPSA) is 88.9 Å². The Balaban J connectivity index is 2.42. The number of aryl methyl sites for hydroxylation is 1. The number of sulfonamides is 1. The highest BCUT2D eigenvalue weighted by Crippen LogP contribution is 2.28. The molecular weight excluding hydrogens is 332 g/mol. The van der Waals surface area contributed by atoms with E-state index >= 15 is 0 Å². The van der Waals surface area contributed by atoms with Crippen LogP contribution in [0.5, 0.6) is 0 Å². The van der Waals surface area contributed by atoms with Gasteiger partial charge in [0.25, 0.3) is 0 Å². The van der Waals surface area contributed by atoms with Crippen molar-refractivity contribution in [3.8, 4) is 0 Å². The van der Waals surface area contributed by atoms with Crippen molar-refractivity contribution in [2.75, 3.05) is 26.7 Å². The molecule has 0 unspecified atom stereocenters. The third kappa shape index (κ3) is 3.81. The molecule has 8 heteroatoms. The summed E-state index contributed by atoms with van der Waals surface area (Å²) in [7, 11) is -2.48. The molecule has 0 aliphatic carbocycles. The van der Waals surface area contributed by atoms with Crippen LogP contribution in [0.1, 0.15) is 49.4 Å². The van der Waals surface area contributed by atoms with Gasteiger partial charge in [0.05, 0.1) is 7.11 Å². The fraction of sp³-hybridized carbons (Fsp3) is 0.688. The maximum absolute atomic E-state index is 13.2. The van der Waals surface area contributed by atoms with Crippen molar-refractivity contribution in [2.24, 2.45) is 0 Å². The largest absolute Gasteiger partial charge is 0.463 e. The SMILES string of the molecule is CCCN(C1CCNCC1)S(=O)(=O)c1cc(C(=O)OC)oc1CC. The van der Waals surface area contributed by atoms with Crippen molar-refractivity contribution in [3.05, 3.63) is 17.6 Å². The zero-order valence-electron chi connectivity index (χ0n) is 14.5. The lowest BCUT2D eigenvalue weighted by molar-refractivity contribution is 0.0563. The molecule has 1 aromatic heterocycles. The summed E-state index contributed by atoms with van der Waals surface area (Å²) in [5, 5.41) is 3.25. The number of furan rings is 1. The number of carbonyl (C=O) groups is 1. The predicted molar refractivity (Wildman–Crippen MR) is 89.5 cm³/mol. The van der Waals surface area contributed by atoms with Crippen LogP contribution in [0.2, 0.25) is 0 Å². The Bertz CT molecular complexity index is 662. The van der Waals surface area contributed by atoms with Crippen LogP contribution in [0, 0.1) is 0 Å². The molecule has 136 valence electrons. The second-order valence-electron chi connectivity index (χ2n) is 5.84. The van der Waals surface area contributed by atoms with Crippen LogP contribution in [0.3, 0.4) is 0 Å². The lowest BCUT2D eigenvalue weighted by Gasteiger charge is -2.33. The molecule has 2 heterocycles. The van der Waals surface area contributed by atoms with Crippen molar-refractivity contribution in [3.63, 3.8) is 0 Å². The minimum Gasteiger partial charge on any atom is -0.463 e. The number of piperidine rings is 1. The molecule has 1 aromatic rings. The van der Waals surface area contributed by atoms with Gasteiger partial charge in [0, 0.05) is 25.1 Å². The summed E-state index contributed by atoms with van der Waals surface area (Å²) in [6.45, 7) is 5.82. The van der Waals surface area contributed by atoms with E-state index in [2.05, 4.69) is 10.1 Å². The molecule has 2 rings (SSSR count). The first-order valence-corrected chi connectivity index (χ1v) is 9.83. The molecular formula is C16H26N2O5S. The first kappa shape index (κ1) is 19.0. The van der Waals surface area contributed by atoms with Crippen LogP contribution in [0.15, 0.2) is 15.4 Å². The number of nitrogens with zero attached hydrogens (tertiary/aromatic N) is 1. The second-order valence-corrected chi connectivity index (χ2v) is 7.70. The van der Waals surface area contributed by atoms with Crippen molar-refractivity contribution in [1.29, 1.82) is 0 Å². The van der Waals surface area contributed by atoms with Gasteiger partial charge in [-0.05, 0) is 32.4 Å². The Morgan fingerprint density at radius 3 is 2.58 bits per heavy atom. The minimum atomic E-state index is -3.72. The number of esters is 1. The summed E-state index contributed by atoms with van der Waals surface area (Å²) < 4.78 is 38.1. The van der Waals surface area contributed by atoms with E-state index in [1.807, 2.05) is 6.92 Å². The van der Waals surface area contributed by atoms with Gasteiger partial charge < -0.3 is 14.5 Å². The number of hydrogen-bond acceptors (Lipinski definition) is 6. The molecule has 1 aliphatic rings. The molecule has 0 atom stereocenters. The lowest BCUT2D eigenvalue weighted by Crippen LogP contribution is -2.46. The maximum Gasteiger partial charge on any atom is 0.373 e. The van der Waals surface area contributed by atoms with E-state index in [0.29, 0.717) is 18.7 Å². The van der Waals surface area contributed by atoms with Gasteiger partial charge in [-0.3, -0.25) is 0 Å². The fourth-order valence-electron chi connectivity index (χ4n) is 3.02. The number of nitrogens with one attached hydrogen (secondary N) is 1. The number of rotatable bonds is 7. The molecule has 0 amide bonds. The molecule has 0 spiro atoms. The van der Waals surface area contributed by atoms with Crippen molar-refractivity contribution < 1.29 is 22.4 Å². The highest BCUT2D eigenvalue weighted by Gasteiger charge is 2.35. The van der Waals surface area contributed by atoms with Crippen molar-refractivity contribution in [1.82, 2.24) is 9.62 Å². The van der Waals surface area contributed by atoms with Gasteiger partial charge in [-0.15, -0.1) is 0 Å². The van der Waals surface area contributed by atoms with E-state index in [9.17, 15) is 13.2 Å². The third-order valence-corrected chi connectivity index (χ3v) is 6.22. The van der Waals surface area contributed by atoms with Gasteiger partial charge >= 0.3 is 5.97 Å². The smallest absolute Gasteiger partial charge is 0.373 e. The minimum absolute atomic E-state index is 0.0302. The molecule has 0 radical (unpaired) electrons. The van der Waals surface area contributed by atoms with Crippen LogP contribution < -0.4 is 5.32 Å². The Morgan fingerprint density at radius 1 is 1.38 bits per heavy atom. The quantitative estimate of drug-likeness (QED) is 0.748. The molecule has 1 fully saturated rings. The molecule has 1 aliphatic heterocycles. The first-order chi connectivity index (χ1) is 11.5. The number of carbonyl (C=O) groups excluding carboxylic acids is 1. The maximum atomic E-state index is 13.2. The summed E-state index contributed by atoms with van der Waals surface area (Å²) in [6.07, 6.45) is 2.68. The average molecular weight is 358 g/mol. The molecule has 1 N–H and O–H groups in total. The van der Waals surface area contributed by atoms with Gasteiger partial charge in [0.1, 0.15) is 10.7 Å². The van der Waals surface area contributed by atoms with Crippen molar-refractivity contribution >= 4 is 16.0 Å². The van der Waals surface area contributed by atoms with E-state index in [-0.39, 0.29) is 16.7 Å². The van der Waals surface area contributed by atoms with Crippen LogP contribution in [0.25, 0.3) is 0 Å². The average Bonchev–Trinajstić information content (AvgIpc) is 3.05. The predicted octanol–water partition coefficient (Wildman–Crippen LogP) is 1.78. The normalized spacial score (nSPS) is 16.5. The Morgan fingerprint density at radius 2 is 2.04 bits per heavy atom. The molecule has 1 saturated heterocycles. The fourth-order valence-corrected chi connectivity index (χ4v) is 5.03. The Labute approximate surface area is 143 Å². The third-order valence-electron chi connectivity index (χ3n) is 4.22. The zero-order valence-corrected chi connectivity index (χ0v) is 15.3. The highest BCUT2D eigenvalue weighted by atomic mass is 32.2. The van der Waals surface area contributed by atoms with E-state index in [1.165, 1.54) is 13.2 Å². The number of ether oxygens (including phenoxy) is 1. The van der Waals surface area contributed by atoms with E-state index in [0.717, 1.165) is 32.4 Å². The van der Waals surface area contributed by atoms with Gasteiger partial charge in [-0.2, -0.15) is 4.31 Å². The molecule has 0 bridgehead atoms. The Kier molecular flexibility index (Phi) is 6.42. The summed E-state index contributed by atoms with van der Waals surface area (Å²) >= 11 is 0. The number of hydrogen-bond donors (Lipinski definition) is 1. The van der Waals surface area contributed by atoms with E-state index in [4.69, 9.17) is 4.42 Å². The number of methoxy groups -OCH3 is 1. The van der Waals surface area contributed by atoms with E-state index in [1.54, 1.807) is 11.2 Å². The molecule has 0 aromatic carbocycles. The summed E-state index contributed by atoms with van der Waals surface area (Å²) in [5.41, 5.74) is 0. The summed E-state index contributed by atoms with van der Waals surface area (Å²) in [5.74, 6) is -0.449. The molecule has 7 nitrogen and oxygen atoms in total. The standard InChI is InChI=1S/C16H26N2O5S/c1-4-10-18(12-6-8-17-9-7-12)24(20,21)15-11-14(16(19)22-3)23-13(15)5-2/h11-12,17H,4-10H2,1-3H3. The monoisotopic (exact) mass is 358 g/mol. The molecule has 0 saturated carbocycles. The Hall–Kier alpha value is -1.38. The van der Waals surface area contributed by atoms with Gasteiger partial charge in [0.2, 0.25) is 15.8 Å². The van der Waals surface area contributed by atoms with Crippen LogP contribution in [0.4, 0.5) is 0 Å². The van der Waals surface area contributed by atoms with Gasteiger partial charge in [-0.25, -0.2) is 13.2 Å². The van der Waals surface area contributed by atoms with Gasteiger partial charge in [0.15, 0.2) is 0 Å². The van der Waals surface area contributed by atoms with E-state index < -0.39 is 16.0 Å². The summed E-state index contributed by atoms with van der Waals surface area (Å²) in [6, 6.07) is 1.27. The van der Waals surface area contributed by atoms with Crippen LogP contribution >= 0.6 is 0 Å². The van der Waals surface area contributed by atoms with Gasteiger partial charge in [-0.1, -0.05) is 13.8 Å². The lowest BCUT2D eigenvalue weighted by atomic mass is 10.1. The summed E-state index contributed by atoms with van der Waals surface area (Å²) in [4.78, 5) is 11.8. The zero-order chi connectivity index (χ0) is 17.7. The molecule has 24 heavy (non-hydrogen) atoms. The second kappa shape index (κ2) is 8.13. The first-order valence-electron chi connectivity index (χ1n) is 8.39. The highest BCUT2D eigenvalue weighted by molar-refractivity contribution is 7.89.